The number of nitrogens with one attached hydrogen (secondary N) is 1. The van der Waals surface area contributed by atoms with E-state index in [1.54, 1.807) is 24.3 Å². The Balaban J connectivity index is 1.28. The van der Waals surface area contributed by atoms with Gasteiger partial charge in [-0.2, -0.15) is 0 Å². The van der Waals surface area contributed by atoms with Crippen molar-refractivity contribution in [2.75, 3.05) is 18.3 Å². The molecule has 4 amide bonds. The van der Waals surface area contributed by atoms with Gasteiger partial charge in [-0.15, -0.1) is 0 Å². The number of halogens is 1. The molecule has 1 saturated heterocycles. The van der Waals surface area contributed by atoms with Crippen molar-refractivity contribution in [3.8, 4) is 23.0 Å². The lowest BCUT2D eigenvalue weighted by atomic mass is 10.1. The normalized spacial score (nSPS) is 15.4. The molecule has 4 aromatic rings. The van der Waals surface area contributed by atoms with Crippen LogP contribution in [0, 0.1) is 0 Å². The van der Waals surface area contributed by atoms with Crippen LogP contribution >= 0.6 is 15.9 Å². The first-order valence-corrected chi connectivity index (χ1v) is 13.6. The number of ether oxygens (including phenoxy) is 4. The lowest BCUT2D eigenvalue weighted by Gasteiger charge is -2.26. The number of fused-ring (bicyclic) bond motifs is 2. The highest BCUT2D eigenvalue weighted by Gasteiger charge is 2.37. The number of carbonyl (C=O) groups is 3. The number of hydrogen-bond acceptors (Lipinski definition) is 7. The fourth-order valence-corrected chi connectivity index (χ4v) is 5.22. The summed E-state index contributed by atoms with van der Waals surface area (Å²) in [6.45, 7) is 2.56. The van der Waals surface area contributed by atoms with Gasteiger partial charge in [0, 0.05) is 6.07 Å². The second kappa shape index (κ2) is 11.0. The van der Waals surface area contributed by atoms with Crippen LogP contribution in [0.3, 0.4) is 0 Å². The average molecular weight is 615 g/mol. The van der Waals surface area contributed by atoms with E-state index in [1.807, 2.05) is 37.3 Å². The number of hydrogen-bond donors (Lipinski definition) is 1. The first-order valence-electron chi connectivity index (χ1n) is 12.8. The quantitative estimate of drug-likeness (QED) is 0.202. The van der Waals surface area contributed by atoms with Crippen molar-refractivity contribution in [3.63, 3.8) is 0 Å². The molecule has 0 unspecified atom stereocenters. The van der Waals surface area contributed by atoms with E-state index >= 15 is 0 Å². The number of barbiturate groups is 1. The van der Waals surface area contributed by atoms with E-state index in [0.29, 0.717) is 46.2 Å². The van der Waals surface area contributed by atoms with Gasteiger partial charge in [-0.25, -0.2) is 9.69 Å². The van der Waals surface area contributed by atoms with Gasteiger partial charge in [-0.1, -0.05) is 36.4 Å². The van der Waals surface area contributed by atoms with Crippen LogP contribution in [0.5, 0.6) is 23.0 Å². The van der Waals surface area contributed by atoms with Crippen molar-refractivity contribution in [3.05, 3.63) is 94.0 Å². The molecule has 0 saturated carbocycles. The number of benzene rings is 4. The van der Waals surface area contributed by atoms with Crippen LogP contribution in [-0.2, 0) is 16.2 Å². The molecule has 2 heterocycles. The minimum absolute atomic E-state index is 0.0432. The molecule has 206 valence electrons. The van der Waals surface area contributed by atoms with Crippen LogP contribution in [-0.4, -0.2) is 31.2 Å². The van der Waals surface area contributed by atoms with Crippen molar-refractivity contribution in [2.45, 2.75) is 13.5 Å². The van der Waals surface area contributed by atoms with Gasteiger partial charge in [0.15, 0.2) is 23.0 Å². The van der Waals surface area contributed by atoms with Crippen molar-refractivity contribution >= 4 is 56.3 Å². The Morgan fingerprint density at radius 1 is 0.927 bits per heavy atom. The molecule has 1 N–H and O–H groups in total. The number of imide groups is 2. The number of amides is 4. The first-order chi connectivity index (χ1) is 19.9. The summed E-state index contributed by atoms with van der Waals surface area (Å²) < 4.78 is 23.2. The molecule has 0 spiro atoms. The molecule has 2 aliphatic rings. The summed E-state index contributed by atoms with van der Waals surface area (Å²) in [7, 11) is 0. The summed E-state index contributed by atoms with van der Waals surface area (Å²) in [5.74, 6) is 0.239. The lowest BCUT2D eigenvalue weighted by molar-refractivity contribution is -0.122. The molecular formula is C31H23BrN2O7. The van der Waals surface area contributed by atoms with E-state index in [-0.39, 0.29) is 18.1 Å². The maximum atomic E-state index is 13.4. The number of rotatable bonds is 7. The van der Waals surface area contributed by atoms with Crippen LogP contribution in [0.4, 0.5) is 10.5 Å². The van der Waals surface area contributed by atoms with Crippen LogP contribution in [0.25, 0.3) is 16.8 Å². The molecule has 9 nitrogen and oxygen atoms in total. The lowest BCUT2D eigenvalue weighted by Crippen LogP contribution is -2.54. The summed E-state index contributed by atoms with van der Waals surface area (Å²) in [6, 6.07) is 21.4. The van der Waals surface area contributed by atoms with E-state index in [1.165, 1.54) is 12.1 Å². The van der Waals surface area contributed by atoms with Crippen molar-refractivity contribution in [2.24, 2.45) is 0 Å². The zero-order valence-electron chi connectivity index (χ0n) is 21.8. The Kier molecular flexibility index (Phi) is 7.07. The molecule has 0 atom stereocenters. The van der Waals surface area contributed by atoms with E-state index in [4.69, 9.17) is 18.9 Å². The number of carbonyl (C=O) groups excluding carboxylic acids is 3. The Labute approximate surface area is 243 Å². The molecule has 2 aliphatic heterocycles. The van der Waals surface area contributed by atoms with Gasteiger partial charge < -0.3 is 18.9 Å². The van der Waals surface area contributed by atoms with Crippen LogP contribution in [0.15, 0.2) is 82.8 Å². The van der Waals surface area contributed by atoms with Gasteiger partial charge in [-0.05, 0) is 81.2 Å². The zero-order valence-corrected chi connectivity index (χ0v) is 23.4. The van der Waals surface area contributed by atoms with Gasteiger partial charge in [0.1, 0.15) is 12.2 Å². The molecule has 6 rings (SSSR count). The summed E-state index contributed by atoms with van der Waals surface area (Å²) in [5, 5.41) is 4.49. The summed E-state index contributed by atoms with van der Waals surface area (Å²) in [4.78, 5) is 39.7. The molecule has 0 radical (unpaired) electrons. The predicted octanol–water partition coefficient (Wildman–Crippen LogP) is 5.98. The van der Waals surface area contributed by atoms with Crippen molar-refractivity contribution in [1.82, 2.24) is 5.32 Å². The molecule has 0 aliphatic carbocycles. The minimum Gasteiger partial charge on any atom is -0.490 e. The van der Waals surface area contributed by atoms with Crippen LogP contribution in [0.2, 0.25) is 0 Å². The number of urea groups is 1. The SMILES string of the molecule is CCOc1cc(/C=C2\C(=O)NC(=O)N(c3ccc4c(c3)OCO4)C2=O)cc(Br)c1OCc1ccc2ccccc2c1. The number of anilines is 1. The third-order valence-electron chi connectivity index (χ3n) is 6.56. The fraction of sp³-hybridized carbons (Fsp3) is 0.129. The van der Waals surface area contributed by atoms with Gasteiger partial charge in [0.05, 0.1) is 16.8 Å². The zero-order chi connectivity index (χ0) is 28.5. The van der Waals surface area contributed by atoms with Gasteiger partial charge >= 0.3 is 6.03 Å². The first kappa shape index (κ1) is 26.4. The summed E-state index contributed by atoms with van der Waals surface area (Å²) >= 11 is 3.55. The monoisotopic (exact) mass is 614 g/mol. The second-order valence-corrected chi connectivity index (χ2v) is 10.1. The van der Waals surface area contributed by atoms with E-state index in [0.717, 1.165) is 21.2 Å². The third-order valence-corrected chi connectivity index (χ3v) is 7.14. The Hall–Kier alpha value is -4.83. The highest BCUT2D eigenvalue weighted by atomic mass is 79.9. The molecule has 1 fully saturated rings. The average Bonchev–Trinajstić information content (AvgIpc) is 3.43. The largest absolute Gasteiger partial charge is 0.490 e. The maximum Gasteiger partial charge on any atom is 0.335 e. The summed E-state index contributed by atoms with van der Waals surface area (Å²) in [6.07, 6.45) is 1.41. The Morgan fingerprint density at radius 3 is 2.56 bits per heavy atom. The van der Waals surface area contributed by atoms with Crippen LogP contribution in [0.1, 0.15) is 18.1 Å². The van der Waals surface area contributed by atoms with E-state index in [2.05, 4.69) is 33.4 Å². The van der Waals surface area contributed by atoms with Crippen LogP contribution < -0.4 is 29.2 Å². The molecule has 10 heteroatoms. The Bertz CT molecular complexity index is 1750. The fourth-order valence-electron chi connectivity index (χ4n) is 4.64. The van der Waals surface area contributed by atoms with Crippen molar-refractivity contribution in [1.29, 1.82) is 0 Å². The van der Waals surface area contributed by atoms with Gasteiger partial charge in [0.2, 0.25) is 6.79 Å². The third kappa shape index (κ3) is 5.21. The smallest absolute Gasteiger partial charge is 0.335 e. The highest BCUT2D eigenvalue weighted by molar-refractivity contribution is 9.10. The topological polar surface area (TPSA) is 103 Å². The molecular weight excluding hydrogens is 592 g/mol. The molecule has 0 aromatic heterocycles. The predicted molar refractivity (Wildman–Crippen MR) is 155 cm³/mol. The van der Waals surface area contributed by atoms with Gasteiger partial charge in [-0.3, -0.25) is 14.9 Å². The maximum absolute atomic E-state index is 13.4. The van der Waals surface area contributed by atoms with E-state index < -0.39 is 17.8 Å². The standard InChI is InChI=1S/C31H23BrN2O7/c1-2-38-27-14-19(13-24(32)28(27)39-16-18-7-8-20-5-3-4-6-21(20)11-18)12-23-29(35)33-31(37)34(30(23)36)22-9-10-25-26(15-22)41-17-40-25/h3-15H,2,16-17H2,1H3,(H,33,35,37)/b23-12+. The molecule has 4 aromatic carbocycles. The molecule has 0 bridgehead atoms. The molecule has 41 heavy (non-hydrogen) atoms. The Morgan fingerprint density at radius 2 is 1.73 bits per heavy atom. The number of nitrogens with zero attached hydrogens (tertiary/aromatic N) is 1. The summed E-state index contributed by atoms with van der Waals surface area (Å²) in [5.41, 5.74) is 1.50. The van der Waals surface area contributed by atoms with Crippen molar-refractivity contribution < 1.29 is 33.3 Å². The minimum atomic E-state index is -0.857. The van der Waals surface area contributed by atoms with E-state index in [9.17, 15) is 14.4 Å². The van der Waals surface area contributed by atoms with Gasteiger partial charge in [0.25, 0.3) is 11.8 Å². The highest BCUT2D eigenvalue weighted by Crippen LogP contribution is 2.39. The second-order valence-electron chi connectivity index (χ2n) is 9.23.